The molecule has 3 heteroatoms. The van der Waals surface area contributed by atoms with Crippen LogP contribution in [-0.2, 0) is 0 Å². The van der Waals surface area contributed by atoms with E-state index in [1.165, 1.54) is 12.8 Å². The van der Waals surface area contributed by atoms with Crippen LogP contribution in [0.25, 0.3) is 0 Å². The number of nitrogens with zero attached hydrogens (tertiary/aromatic N) is 1. The Morgan fingerprint density at radius 3 is 2.54 bits per heavy atom. The zero-order chi connectivity index (χ0) is 9.68. The van der Waals surface area contributed by atoms with Crippen molar-refractivity contribution < 1.29 is 9.90 Å². The largest absolute Gasteiger partial charge is 0.400 e. The van der Waals surface area contributed by atoms with E-state index in [1.54, 1.807) is 6.20 Å². The summed E-state index contributed by atoms with van der Waals surface area (Å²) in [7, 11) is 1.00. The summed E-state index contributed by atoms with van der Waals surface area (Å²) in [6.07, 6.45) is 4.98. The van der Waals surface area contributed by atoms with Crippen molar-refractivity contribution in [3.63, 3.8) is 0 Å². The number of hydrogen-bond donors (Lipinski definition) is 1. The van der Waals surface area contributed by atoms with E-state index in [0.717, 1.165) is 19.1 Å². The average Bonchev–Trinajstić information content (AvgIpc) is 3.05. The molecule has 13 heavy (non-hydrogen) atoms. The molecule has 1 aliphatic rings. The molecular formula is C10H13NO2. The first-order valence-corrected chi connectivity index (χ1v) is 4.26. The second kappa shape index (κ2) is 4.72. The van der Waals surface area contributed by atoms with Crippen LogP contribution in [0.1, 0.15) is 34.8 Å². The van der Waals surface area contributed by atoms with Gasteiger partial charge in [-0.1, -0.05) is 0 Å². The molecule has 0 aromatic carbocycles. The lowest BCUT2D eigenvalue weighted by molar-refractivity contribution is 0.112. The van der Waals surface area contributed by atoms with Crippen LogP contribution in [0.2, 0.25) is 0 Å². The number of aliphatic hydroxyl groups is 1. The topological polar surface area (TPSA) is 50.2 Å². The van der Waals surface area contributed by atoms with Gasteiger partial charge in [0.2, 0.25) is 0 Å². The summed E-state index contributed by atoms with van der Waals surface area (Å²) in [6.45, 7) is 0. The third-order valence-corrected chi connectivity index (χ3v) is 1.94. The minimum absolute atomic E-state index is 0.661. The number of aromatic nitrogens is 1. The second-order valence-electron chi connectivity index (χ2n) is 2.91. The van der Waals surface area contributed by atoms with Gasteiger partial charge in [0.1, 0.15) is 0 Å². The molecule has 3 nitrogen and oxygen atoms in total. The van der Waals surface area contributed by atoms with Crippen molar-refractivity contribution >= 4 is 6.29 Å². The third-order valence-electron chi connectivity index (χ3n) is 1.94. The summed E-state index contributed by atoms with van der Waals surface area (Å²) in [4.78, 5) is 14.4. The first-order valence-electron chi connectivity index (χ1n) is 4.26. The lowest BCUT2D eigenvalue weighted by Gasteiger charge is -1.94. The van der Waals surface area contributed by atoms with Crippen LogP contribution in [-0.4, -0.2) is 23.5 Å². The zero-order valence-corrected chi connectivity index (χ0v) is 7.60. The molecule has 1 aliphatic carbocycles. The van der Waals surface area contributed by atoms with Crippen LogP contribution in [0, 0.1) is 0 Å². The molecule has 1 heterocycles. The van der Waals surface area contributed by atoms with Crippen LogP contribution in [0.4, 0.5) is 0 Å². The van der Waals surface area contributed by atoms with Gasteiger partial charge in [0.25, 0.3) is 0 Å². The monoisotopic (exact) mass is 179 g/mol. The van der Waals surface area contributed by atoms with E-state index < -0.39 is 0 Å². The van der Waals surface area contributed by atoms with E-state index in [0.29, 0.717) is 11.5 Å². The maximum absolute atomic E-state index is 10.3. The Hall–Kier alpha value is -1.22. The predicted octanol–water partition coefficient (Wildman–Crippen LogP) is 1.38. The van der Waals surface area contributed by atoms with Crippen LogP contribution >= 0.6 is 0 Å². The first kappa shape index (κ1) is 9.86. The molecule has 0 atom stereocenters. The van der Waals surface area contributed by atoms with Crippen molar-refractivity contribution in [1.82, 2.24) is 4.98 Å². The summed E-state index contributed by atoms with van der Waals surface area (Å²) in [5.74, 6) is 0.677. The highest BCUT2D eigenvalue weighted by molar-refractivity contribution is 5.73. The fourth-order valence-corrected chi connectivity index (χ4v) is 1.11. The highest BCUT2D eigenvalue weighted by Crippen LogP contribution is 2.38. The summed E-state index contributed by atoms with van der Waals surface area (Å²) < 4.78 is 0. The Morgan fingerprint density at radius 2 is 2.15 bits per heavy atom. The lowest BCUT2D eigenvalue weighted by atomic mass is 10.2. The predicted molar refractivity (Wildman–Crippen MR) is 49.7 cm³/mol. The SMILES string of the molecule is CO.O=Cc1ccc(C2CC2)nc1. The van der Waals surface area contributed by atoms with E-state index >= 15 is 0 Å². The Kier molecular flexibility index (Phi) is 3.58. The number of hydrogen-bond acceptors (Lipinski definition) is 3. The Balaban J connectivity index is 0.000000396. The van der Waals surface area contributed by atoms with Gasteiger partial charge < -0.3 is 5.11 Å². The number of aliphatic hydroxyl groups excluding tert-OH is 1. The van der Waals surface area contributed by atoms with E-state index in [4.69, 9.17) is 5.11 Å². The summed E-state index contributed by atoms with van der Waals surface area (Å²) >= 11 is 0. The number of carbonyl (C=O) groups is 1. The van der Waals surface area contributed by atoms with Gasteiger partial charge in [-0.15, -0.1) is 0 Å². The molecule has 70 valence electrons. The molecule has 0 bridgehead atoms. The Morgan fingerprint density at radius 1 is 1.46 bits per heavy atom. The van der Waals surface area contributed by atoms with Crippen LogP contribution in [0.5, 0.6) is 0 Å². The smallest absolute Gasteiger partial charge is 0.151 e. The van der Waals surface area contributed by atoms with E-state index in [1.807, 2.05) is 12.1 Å². The third kappa shape index (κ3) is 2.63. The standard InChI is InChI=1S/C9H9NO.CH4O/c11-6-7-1-4-9(10-5-7)8-2-3-8;1-2/h1,4-6,8H,2-3H2;2H,1H3. The molecule has 0 spiro atoms. The lowest BCUT2D eigenvalue weighted by Crippen LogP contribution is -1.87. The molecule has 1 aromatic heterocycles. The number of rotatable bonds is 2. The average molecular weight is 179 g/mol. The molecule has 1 aromatic rings. The molecule has 1 fully saturated rings. The highest BCUT2D eigenvalue weighted by atomic mass is 16.2. The van der Waals surface area contributed by atoms with Crippen molar-refractivity contribution in [1.29, 1.82) is 0 Å². The maximum atomic E-state index is 10.3. The van der Waals surface area contributed by atoms with Gasteiger partial charge in [-0.2, -0.15) is 0 Å². The Bertz CT molecular complexity index is 265. The molecule has 1 N–H and O–H groups in total. The van der Waals surface area contributed by atoms with Gasteiger partial charge in [-0.3, -0.25) is 9.78 Å². The number of pyridine rings is 1. The Labute approximate surface area is 77.4 Å². The molecule has 1 saturated carbocycles. The van der Waals surface area contributed by atoms with E-state index in [-0.39, 0.29) is 0 Å². The highest BCUT2D eigenvalue weighted by Gasteiger charge is 2.24. The zero-order valence-electron chi connectivity index (χ0n) is 7.60. The van der Waals surface area contributed by atoms with Gasteiger partial charge >= 0.3 is 0 Å². The first-order chi connectivity index (χ1) is 6.40. The minimum atomic E-state index is 0.661. The molecule has 0 radical (unpaired) electrons. The molecule has 0 amide bonds. The van der Waals surface area contributed by atoms with Crippen LogP contribution in [0.15, 0.2) is 18.3 Å². The van der Waals surface area contributed by atoms with Crippen molar-refractivity contribution in [2.24, 2.45) is 0 Å². The summed E-state index contributed by atoms with van der Waals surface area (Å²) in [5, 5.41) is 7.00. The maximum Gasteiger partial charge on any atom is 0.151 e. The van der Waals surface area contributed by atoms with Gasteiger partial charge in [0.05, 0.1) is 0 Å². The van der Waals surface area contributed by atoms with Crippen LogP contribution < -0.4 is 0 Å². The second-order valence-corrected chi connectivity index (χ2v) is 2.91. The molecule has 0 unspecified atom stereocenters. The fourth-order valence-electron chi connectivity index (χ4n) is 1.11. The summed E-state index contributed by atoms with van der Waals surface area (Å²) in [6, 6.07) is 3.77. The number of aldehydes is 1. The van der Waals surface area contributed by atoms with Crippen molar-refractivity contribution in [3.05, 3.63) is 29.6 Å². The van der Waals surface area contributed by atoms with Gasteiger partial charge in [0, 0.05) is 30.5 Å². The van der Waals surface area contributed by atoms with E-state index in [2.05, 4.69) is 4.98 Å². The van der Waals surface area contributed by atoms with Gasteiger partial charge in [-0.25, -0.2) is 0 Å². The van der Waals surface area contributed by atoms with Crippen molar-refractivity contribution in [3.8, 4) is 0 Å². The molecule has 0 aliphatic heterocycles. The molecular weight excluding hydrogens is 166 g/mol. The number of carbonyl (C=O) groups excluding carboxylic acids is 1. The fraction of sp³-hybridized carbons (Fsp3) is 0.400. The summed E-state index contributed by atoms with van der Waals surface area (Å²) in [5.41, 5.74) is 1.80. The van der Waals surface area contributed by atoms with Crippen LogP contribution in [0.3, 0.4) is 0 Å². The minimum Gasteiger partial charge on any atom is -0.400 e. The van der Waals surface area contributed by atoms with Crippen molar-refractivity contribution in [2.75, 3.05) is 7.11 Å². The molecule has 2 rings (SSSR count). The molecule has 0 saturated heterocycles. The van der Waals surface area contributed by atoms with Gasteiger partial charge in [-0.05, 0) is 25.0 Å². The van der Waals surface area contributed by atoms with Gasteiger partial charge in [0.15, 0.2) is 6.29 Å². The van der Waals surface area contributed by atoms with Crippen molar-refractivity contribution in [2.45, 2.75) is 18.8 Å². The quantitative estimate of drug-likeness (QED) is 0.698. The normalized spacial score (nSPS) is 14.3. The van der Waals surface area contributed by atoms with E-state index in [9.17, 15) is 4.79 Å².